The third kappa shape index (κ3) is 53.7. The molecule has 0 aliphatic rings. The van der Waals surface area contributed by atoms with Crippen molar-refractivity contribution in [3.63, 3.8) is 0 Å². The Hall–Kier alpha value is -1.66. The van der Waals surface area contributed by atoms with Crippen molar-refractivity contribution in [3.05, 3.63) is 24.3 Å². The Labute approximate surface area is 424 Å². The minimum Gasteiger partial charge on any atom is -0.466 e. The van der Waals surface area contributed by atoms with Crippen molar-refractivity contribution in [2.75, 3.05) is 13.2 Å². The Morgan fingerprint density at radius 1 is 0.412 bits per heavy atom. The first-order chi connectivity index (χ1) is 33.5. The van der Waals surface area contributed by atoms with Crippen LogP contribution in [0.5, 0.6) is 0 Å². The number of allylic oxidation sites excluding steroid dienone is 4. The first kappa shape index (κ1) is 66.3. The molecule has 402 valence electrons. The Kier molecular flexibility index (Phi) is 56.5. The van der Waals surface area contributed by atoms with E-state index in [0.717, 1.165) is 51.4 Å². The fourth-order valence-electron chi connectivity index (χ4n) is 9.56. The van der Waals surface area contributed by atoms with E-state index in [1.165, 1.54) is 250 Å². The second-order valence-electron chi connectivity index (χ2n) is 21.0. The number of unbranched alkanes of at least 4 members (excludes halogenated alkanes) is 42. The van der Waals surface area contributed by atoms with E-state index in [1.807, 2.05) is 0 Å². The number of ether oxygens (including phenoxy) is 1. The highest BCUT2D eigenvalue weighted by Gasteiger charge is 2.20. The summed E-state index contributed by atoms with van der Waals surface area (Å²) in [7, 11) is 0. The van der Waals surface area contributed by atoms with Crippen molar-refractivity contribution >= 4 is 11.9 Å². The minimum absolute atomic E-state index is 0.00406. The summed E-state index contributed by atoms with van der Waals surface area (Å²) in [5, 5.41) is 23.1. The van der Waals surface area contributed by atoms with Crippen LogP contribution in [-0.4, -0.2) is 47.4 Å². The quantitative estimate of drug-likeness (QED) is 0.0321. The minimum atomic E-state index is -0.659. The van der Waals surface area contributed by atoms with E-state index in [4.69, 9.17) is 4.74 Å². The van der Waals surface area contributed by atoms with Crippen LogP contribution >= 0.6 is 0 Å². The van der Waals surface area contributed by atoms with E-state index in [1.54, 1.807) is 0 Å². The smallest absolute Gasteiger partial charge is 0.305 e. The Bertz CT molecular complexity index is 1060. The van der Waals surface area contributed by atoms with Gasteiger partial charge in [-0.05, 0) is 51.4 Å². The zero-order chi connectivity index (χ0) is 49.3. The van der Waals surface area contributed by atoms with Crippen LogP contribution in [-0.2, 0) is 14.3 Å². The summed E-state index contributed by atoms with van der Waals surface area (Å²) >= 11 is 0. The van der Waals surface area contributed by atoms with Gasteiger partial charge in [-0.3, -0.25) is 9.59 Å². The lowest BCUT2D eigenvalue weighted by molar-refractivity contribution is -0.143. The van der Waals surface area contributed by atoms with E-state index in [0.29, 0.717) is 25.9 Å². The Morgan fingerprint density at radius 3 is 1.18 bits per heavy atom. The van der Waals surface area contributed by atoms with Gasteiger partial charge in [-0.1, -0.05) is 295 Å². The predicted octanol–water partition coefficient (Wildman–Crippen LogP) is 19.0. The monoisotopic (exact) mass is 958 g/mol. The van der Waals surface area contributed by atoms with E-state index in [-0.39, 0.29) is 18.5 Å². The summed E-state index contributed by atoms with van der Waals surface area (Å²) < 4.78 is 5.47. The van der Waals surface area contributed by atoms with Crippen molar-refractivity contribution in [2.24, 2.45) is 0 Å². The Morgan fingerprint density at radius 2 is 0.765 bits per heavy atom. The lowest BCUT2D eigenvalue weighted by atomic mass is 10.0. The van der Waals surface area contributed by atoms with Crippen LogP contribution in [0.1, 0.15) is 335 Å². The molecule has 0 spiro atoms. The molecule has 0 aromatic carbocycles. The van der Waals surface area contributed by atoms with Crippen molar-refractivity contribution in [1.82, 2.24) is 5.32 Å². The first-order valence-electron chi connectivity index (χ1n) is 30.6. The summed E-state index contributed by atoms with van der Waals surface area (Å²) in [6, 6.07) is -0.536. The van der Waals surface area contributed by atoms with Gasteiger partial charge < -0.3 is 20.3 Å². The largest absolute Gasteiger partial charge is 0.466 e. The van der Waals surface area contributed by atoms with Gasteiger partial charge in [0.1, 0.15) is 0 Å². The third-order valence-corrected chi connectivity index (χ3v) is 14.2. The molecule has 0 bridgehead atoms. The second-order valence-corrected chi connectivity index (χ2v) is 21.0. The van der Waals surface area contributed by atoms with E-state index >= 15 is 0 Å². The highest BCUT2D eigenvalue weighted by atomic mass is 16.5. The molecule has 0 fully saturated rings. The molecular weight excluding hydrogens is 839 g/mol. The molecule has 6 heteroatoms. The molecule has 68 heavy (non-hydrogen) atoms. The summed E-state index contributed by atoms with van der Waals surface area (Å²) in [6.45, 7) is 4.88. The maximum atomic E-state index is 12.4. The summed E-state index contributed by atoms with van der Waals surface area (Å²) in [6.07, 6.45) is 70.7. The van der Waals surface area contributed by atoms with Gasteiger partial charge in [0.25, 0.3) is 0 Å². The zero-order valence-corrected chi connectivity index (χ0v) is 45.9. The number of esters is 1. The number of aliphatic hydroxyl groups excluding tert-OH is 2. The van der Waals surface area contributed by atoms with E-state index < -0.39 is 12.1 Å². The average Bonchev–Trinajstić information content (AvgIpc) is 3.34. The number of carbonyl (C=O) groups excluding carboxylic acids is 2. The van der Waals surface area contributed by atoms with Gasteiger partial charge in [0.15, 0.2) is 0 Å². The normalized spacial score (nSPS) is 12.7. The van der Waals surface area contributed by atoms with E-state index in [9.17, 15) is 19.8 Å². The van der Waals surface area contributed by atoms with Crippen LogP contribution in [0.15, 0.2) is 24.3 Å². The highest BCUT2D eigenvalue weighted by Crippen LogP contribution is 2.18. The topological polar surface area (TPSA) is 95.9 Å². The van der Waals surface area contributed by atoms with Crippen LogP contribution in [0.25, 0.3) is 0 Å². The fourth-order valence-corrected chi connectivity index (χ4v) is 9.56. The Balaban J connectivity index is 3.30. The van der Waals surface area contributed by atoms with Crippen molar-refractivity contribution in [3.8, 4) is 0 Å². The number of carbonyl (C=O) groups is 2. The molecule has 0 aliphatic heterocycles. The summed E-state index contributed by atoms with van der Waals surface area (Å²) in [5.74, 6) is -0.0289. The predicted molar refractivity (Wildman–Crippen MR) is 296 cm³/mol. The SMILES string of the molecule is CCC/C=C\C/C=C\CCCCCCCC(=O)OCCCCCCCCCCCCCCCCCCCCCCCCCCCCCCCC(=O)NC(CO)C(O)CCCCCCCCCCC. The number of rotatable bonds is 57. The molecule has 2 atom stereocenters. The number of amides is 1. The number of hydrogen-bond donors (Lipinski definition) is 3. The maximum Gasteiger partial charge on any atom is 0.305 e. The van der Waals surface area contributed by atoms with Crippen LogP contribution in [0.3, 0.4) is 0 Å². The van der Waals surface area contributed by atoms with Crippen LogP contribution < -0.4 is 5.32 Å². The summed E-state index contributed by atoms with van der Waals surface area (Å²) in [4.78, 5) is 24.4. The molecule has 0 radical (unpaired) electrons. The summed E-state index contributed by atoms with van der Waals surface area (Å²) in [5.41, 5.74) is 0. The van der Waals surface area contributed by atoms with Gasteiger partial charge in [0, 0.05) is 12.8 Å². The van der Waals surface area contributed by atoms with Crippen molar-refractivity contribution in [2.45, 2.75) is 347 Å². The molecule has 0 saturated carbocycles. The molecule has 0 aliphatic carbocycles. The molecular formula is C62H119NO5. The molecule has 0 saturated heterocycles. The second kappa shape index (κ2) is 57.9. The highest BCUT2D eigenvalue weighted by molar-refractivity contribution is 5.76. The van der Waals surface area contributed by atoms with Crippen molar-refractivity contribution < 1.29 is 24.5 Å². The number of nitrogens with one attached hydrogen (secondary N) is 1. The average molecular weight is 959 g/mol. The standard InChI is InChI=1S/C62H119NO5/c1-3-5-7-9-11-13-14-32-36-40-44-48-52-56-62(67)68-57-53-49-45-41-37-34-31-29-27-25-23-21-19-17-15-16-18-20-22-24-26-28-30-33-35-39-43-47-51-55-61(66)63-59(58-64)60(65)54-50-46-42-38-12-10-8-6-4-2/h7,9,13-14,59-60,64-65H,3-6,8,10-12,15-58H2,1-2H3,(H,63,66)/b9-7-,14-13-. The van der Waals surface area contributed by atoms with Gasteiger partial charge in [-0.2, -0.15) is 0 Å². The van der Waals surface area contributed by atoms with Gasteiger partial charge in [0.2, 0.25) is 5.91 Å². The molecule has 3 N–H and O–H groups in total. The molecule has 0 rings (SSSR count). The number of hydrogen-bond acceptors (Lipinski definition) is 5. The van der Waals surface area contributed by atoms with Crippen molar-refractivity contribution in [1.29, 1.82) is 0 Å². The molecule has 6 nitrogen and oxygen atoms in total. The lowest BCUT2D eigenvalue weighted by Gasteiger charge is -2.22. The van der Waals surface area contributed by atoms with Crippen LogP contribution in [0.4, 0.5) is 0 Å². The van der Waals surface area contributed by atoms with Gasteiger partial charge >= 0.3 is 5.97 Å². The van der Waals surface area contributed by atoms with Crippen LogP contribution in [0, 0.1) is 0 Å². The molecule has 1 amide bonds. The van der Waals surface area contributed by atoms with E-state index in [2.05, 4.69) is 43.5 Å². The van der Waals surface area contributed by atoms with Gasteiger partial charge in [0.05, 0.1) is 25.4 Å². The third-order valence-electron chi connectivity index (χ3n) is 14.2. The molecule has 0 aromatic heterocycles. The molecule has 0 heterocycles. The zero-order valence-electron chi connectivity index (χ0n) is 45.9. The molecule has 0 aromatic rings. The maximum absolute atomic E-state index is 12.4. The fraction of sp³-hybridized carbons (Fsp3) is 0.903. The van der Waals surface area contributed by atoms with Gasteiger partial charge in [-0.15, -0.1) is 0 Å². The van der Waals surface area contributed by atoms with Crippen LogP contribution in [0.2, 0.25) is 0 Å². The van der Waals surface area contributed by atoms with Gasteiger partial charge in [-0.25, -0.2) is 0 Å². The lowest BCUT2D eigenvalue weighted by Crippen LogP contribution is -2.45. The number of aliphatic hydroxyl groups is 2. The first-order valence-corrected chi connectivity index (χ1v) is 30.6. The molecule has 2 unspecified atom stereocenters.